The van der Waals surface area contributed by atoms with Crippen LogP contribution in [0, 0.1) is 0 Å². The molecular formula is C47H80O17P2. The molecule has 0 radical (unpaired) electrons. The zero-order valence-corrected chi connectivity index (χ0v) is 40.7. The molecule has 0 aromatic rings. The molecule has 0 spiro atoms. The molecule has 0 heterocycles. The third-order valence-electron chi connectivity index (χ3n) is 10.4. The predicted octanol–water partition coefficient (Wildman–Crippen LogP) is 7.81. The minimum Gasteiger partial charge on any atom is -0.462 e. The van der Waals surface area contributed by atoms with E-state index in [-0.39, 0.29) is 25.7 Å². The Balaban J connectivity index is 2.71. The van der Waals surface area contributed by atoms with Gasteiger partial charge in [0, 0.05) is 12.8 Å². The summed E-state index contributed by atoms with van der Waals surface area (Å²) in [4.78, 5) is 54.2. The molecule has 1 rings (SSSR count). The van der Waals surface area contributed by atoms with E-state index in [4.69, 9.17) is 28.3 Å². The van der Waals surface area contributed by atoms with Crippen LogP contribution in [-0.4, -0.2) is 114 Å². The Bertz CT molecular complexity index is 1570. The molecule has 19 heteroatoms. The molecule has 66 heavy (non-hydrogen) atoms. The molecule has 0 aromatic carbocycles. The first-order chi connectivity index (χ1) is 31.5. The van der Waals surface area contributed by atoms with E-state index in [0.29, 0.717) is 19.3 Å². The second-order valence-corrected chi connectivity index (χ2v) is 18.9. The fraction of sp³-hybridized carbons (Fsp3) is 0.702. The molecule has 1 aliphatic rings. The van der Waals surface area contributed by atoms with Gasteiger partial charge in [-0.25, -0.2) is 9.13 Å². The number of aliphatic hydroxyl groups is 5. The highest BCUT2D eigenvalue weighted by Crippen LogP contribution is 2.49. The molecule has 380 valence electrons. The number of carbonyl (C=O) groups excluding carboxylic acids is 2. The summed E-state index contributed by atoms with van der Waals surface area (Å²) in [5.74, 6) is -1.45. The largest absolute Gasteiger partial charge is 0.472 e. The van der Waals surface area contributed by atoms with Gasteiger partial charge in [-0.2, -0.15) is 0 Å². The van der Waals surface area contributed by atoms with Crippen LogP contribution in [0.15, 0.2) is 72.9 Å². The molecule has 8 N–H and O–H groups in total. The number of phosphoric acid groups is 2. The molecule has 0 aliphatic heterocycles. The average Bonchev–Trinajstić information content (AvgIpc) is 3.26. The number of carbonyl (C=O) groups is 2. The van der Waals surface area contributed by atoms with Crippen LogP contribution in [0.1, 0.15) is 149 Å². The van der Waals surface area contributed by atoms with Gasteiger partial charge in [-0.15, -0.1) is 0 Å². The van der Waals surface area contributed by atoms with Gasteiger partial charge in [-0.1, -0.05) is 132 Å². The van der Waals surface area contributed by atoms with Crippen molar-refractivity contribution in [2.24, 2.45) is 0 Å². The molecule has 17 nitrogen and oxygen atoms in total. The third kappa shape index (κ3) is 31.4. The van der Waals surface area contributed by atoms with Crippen molar-refractivity contribution in [2.75, 3.05) is 13.2 Å². The van der Waals surface area contributed by atoms with E-state index >= 15 is 0 Å². The highest BCUT2D eigenvalue weighted by molar-refractivity contribution is 7.47. The van der Waals surface area contributed by atoms with Crippen molar-refractivity contribution in [3.63, 3.8) is 0 Å². The van der Waals surface area contributed by atoms with E-state index in [9.17, 15) is 49.1 Å². The Morgan fingerprint density at radius 1 is 0.561 bits per heavy atom. The SMILES string of the molecule is CCCCC/C=C\C/C=C\C/C=C\CCCCC(=O)O[C@H](COC(=O)CCCC(O)/C=C/C=C/C/C=C/CCCCCCCC)COP(=O)(O)O[C@H]1C(O)C(O)C(O)[C@@H](OP(=O)(O)O)C1O. The summed E-state index contributed by atoms with van der Waals surface area (Å²) in [7, 11) is -10.8. The van der Waals surface area contributed by atoms with Gasteiger partial charge in [-0.3, -0.25) is 23.2 Å². The lowest BCUT2D eigenvalue weighted by Crippen LogP contribution is -2.64. The minimum atomic E-state index is -5.39. The lowest BCUT2D eigenvalue weighted by atomic mass is 9.85. The smallest absolute Gasteiger partial charge is 0.462 e. The number of esters is 2. The number of aliphatic hydroxyl groups excluding tert-OH is 5. The average molecular weight is 979 g/mol. The Morgan fingerprint density at radius 2 is 1.06 bits per heavy atom. The molecule has 0 aromatic heterocycles. The van der Waals surface area contributed by atoms with Crippen LogP contribution in [-0.2, 0) is 41.8 Å². The van der Waals surface area contributed by atoms with E-state index in [1.807, 2.05) is 24.3 Å². The number of ether oxygens (including phenoxy) is 2. The van der Waals surface area contributed by atoms with E-state index < -0.39 is 89.6 Å². The first-order valence-electron chi connectivity index (χ1n) is 23.6. The second kappa shape index (κ2) is 37.3. The quantitative estimate of drug-likeness (QED) is 0.00963. The maximum atomic E-state index is 13.0. The molecular weight excluding hydrogens is 898 g/mol. The summed E-state index contributed by atoms with van der Waals surface area (Å²) in [5, 5.41) is 51.5. The summed E-state index contributed by atoms with van der Waals surface area (Å²) in [5.41, 5.74) is 0. The van der Waals surface area contributed by atoms with Crippen LogP contribution in [0.4, 0.5) is 0 Å². The molecule has 1 saturated carbocycles. The highest BCUT2D eigenvalue weighted by Gasteiger charge is 2.54. The van der Waals surface area contributed by atoms with Gasteiger partial charge < -0.3 is 49.7 Å². The van der Waals surface area contributed by atoms with Gasteiger partial charge in [-0.05, 0) is 77.0 Å². The van der Waals surface area contributed by atoms with Crippen LogP contribution < -0.4 is 0 Å². The molecule has 1 fully saturated rings. The maximum absolute atomic E-state index is 13.0. The highest BCUT2D eigenvalue weighted by atomic mass is 31.2. The fourth-order valence-corrected chi connectivity index (χ4v) is 8.17. The third-order valence-corrected chi connectivity index (χ3v) is 11.9. The number of phosphoric ester groups is 2. The zero-order chi connectivity index (χ0) is 49.1. The summed E-state index contributed by atoms with van der Waals surface area (Å²) in [6, 6.07) is 0. The monoisotopic (exact) mass is 978 g/mol. The number of unbranched alkanes of at least 4 members (excludes halogenated alkanes) is 11. The lowest BCUT2D eigenvalue weighted by molar-refractivity contribution is -0.216. The Kier molecular flexibility index (Phi) is 34.7. The van der Waals surface area contributed by atoms with Gasteiger partial charge in [0.15, 0.2) is 6.10 Å². The van der Waals surface area contributed by atoms with Gasteiger partial charge >= 0.3 is 27.6 Å². The Hall–Kier alpha value is -2.60. The van der Waals surface area contributed by atoms with Gasteiger partial charge in [0.05, 0.1) is 12.7 Å². The number of hydrogen-bond acceptors (Lipinski definition) is 14. The second-order valence-electron chi connectivity index (χ2n) is 16.3. The first kappa shape index (κ1) is 61.4. The zero-order valence-electron chi connectivity index (χ0n) is 39.0. The standard InChI is InChI=1S/C47H80O17P2/c1-3-5-7-9-11-13-15-17-18-20-22-24-26-28-30-34-41(50)62-39(37-61-66(58,59)64-47-44(53)42(51)43(52)46(45(47)54)63-65(55,56)57)36-60-40(49)35-31-33-38(48)32-29-27-25-23-21-19-16-14-12-10-8-6-4-2/h11,13,17-19,21-22,24-25,27,29,32,38-39,42-48,51-54H,3-10,12,14-16,20,23,26,28,30-31,33-37H2,1-2H3,(H,58,59)(H2,55,56,57)/b13-11-,18-17-,21-19+,24-22-,27-25+,32-29+/t38?,39-,42?,43?,44?,45?,46-,47+/m1/s1. The molecule has 6 unspecified atom stereocenters. The minimum absolute atomic E-state index is 0.0474. The molecule has 9 atom stereocenters. The molecule has 0 saturated heterocycles. The van der Waals surface area contributed by atoms with Crippen LogP contribution in [0.3, 0.4) is 0 Å². The van der Waals surface area contributed by atoms with E-state index in [0.717, 1.165) is 32.1 Å². The van der Waals surface area contributed by atoms with Crippen LogP contribution >= 0.6 is 15.6 Å². The Labute approximate surface area is 392 Å². The molecule has 0 bridgehead atoms. The first-order valence-corrected chi connectivity index (χ1v) is 26.6. The topological polar surface area (TPSA) is 276 Å². The van der Waals surface area contributed by atoms with Gasteiger partial charge in [0.25, 0.3) is 0 Å². The van der Waals surface area contributed by atoms with Crippen LogP contribution in [0.2, 0.25) is 0 Å². The summed E-state index contributed by atoms with van der Waals surface area (Å²) in [6.45, 7) is 2.86. The van der Waals surface area contributed by atoms with Crippen molar-refractivity contribution in [1.82, 2.24) is 0 Å². The number of allylic oxidation sites excluding steroid dienone is 11. The molecule has 1 aliphatic carbocycles. The van der Waals surface area contributed by atoms with Gasteiger partial charge in [0.2, 0.25) is 0 Å². The van der Waals surface area contributed by atoms with Crippen LogP contribution in [0.25, 0.3) is 0 Å². The Morgan fingerprint density at radius 3 is 1.67 bits per heavy atom. The van der Waals surface area contributed by atoms with E-state index in [1.165, 1.54) is 57.8 Å². The van der Waals surface area contributed by atoms with E-state index in [2.05, 4.69) is 54.8 Å². The normalized spacial score (nSPS) is 22.6. The van der Waals surface area contributed by atoms with Crippen molar-refractivity contribution in [1.29, 1.82) is 0 Å². The summed E-state index contributed by atoms with van der Waals surface area (Å²) >= 11 is 0. The van der Waals surface area contributed by atoms with Crippen LogP contribution in [0.5, 0.6) is 0 Å². The fourth-order valence-electron chi connectivity index (χ4n) is 6.63. The maximum Gasteiger partial charge on any atom is 0.472 e. The summed E-state index contributed by atoms with van der Waals surface area (Å²) < 4.78 is 49.2. The van der Waals surface area contributed by atoms with Crippen molar-refractivity contribution < 1.29 is 82.0 Å². The van der Waals surface area contributed by atoms with Crippen molar-refractivity contribution in [2.45, 2.75) is 198 Å². The van der Waals surface area contributed by atoms with E-state index in [1.54, 1.807) is 12.2 Å². The lowest BCUT2D eigenvalue weighted by Gasteiger charge is -2.43. The van der Waals surface area contributed by atoms with Crippen molar-refractivity contribution in [3.05, 3.63) is 72.9 Å². The number of rotatable bonds is 38. The van der Waals surface area contributed by atoms with Crippen molar-refractivity contribution >= 4 is 27.6 Å². The predicted molar refractivity (Wildman–Crippen MR) is 252 cm³/mol. The molecule has 0 amide bonds. The van der Waals surface area contributed by atoms with Gasteiger partial charge in [0.1, 0.15) is 43.2 Å². The van der Waals surface area contributed by atoms with Crippen molar-refractivity contribution in [3.8, 4) is 0 Å². The summed E-state index contributed by atoms with van der Waals surface area (Å²) in [6.07, 6.45) is 26.0. The number of hydrogen-bond donors (Lipinski definition) is 8.